The van der Waals surface area contributed by atoms with E-state index in [1.54, 1.807) is 6.07 Å². The van der Waals surface area contributed by atoms with Crippen molar-refractivity contribution in [2.45, 2.75) is 19.6 Å². The van der Waals surface area contributed by atoms with Crippen LogP contribution in [0.4, 0.5) is 13.2 Å². The van der Waals surface area contributed by atoms with Crippen LogP contribution < -0.4 is 5.73 Å². The van der Waals surface area contributed by atoms with Crippen LogP contribution in [0.15, 0.2) is 18.2 Å². The molecule has 0 saturated carbocycles. The Labute approximate surface area is 85.8 Å². The maximum Gasteiger partial charge on any atom is 0.261 e. The van der Waals surface area contributed by atoms with Crippen molar-refractivity contribution in [3.63, 3.8) is 0 Å². The zero-order valence-electron chi connectivity index (χ0n) is 8.05. The SMILES string of the molecule is NCc1cc(F)cc(COCC(F)F)c1. The van der Waals surface area contributed by atoms with Gasteiger partial charge in [-0.1, -0.05) is 6.07 Å². The van der Waals surface area contributed by atoms with Crippen molar-refractivity contribution in [1.82, 2.24) is 0 Å². The number of hydrogen-bond donors (Lipinski definition) is 1. The highest BCUT2D eigenvalue weighted by molar-refractivity contribution is 5.24. The molecule has 0 heterocycles. The second kappa shape index (κ2) is 5.72. The summed E-state index contributed by atoms with van der Waals surface area (Å²) in [4.78, 5) is 0. The molecule has 1 aromatic carbocycles. The summed E-state index contributed by atoms with van der Waals surface area (Å²) in [5.74, 6) is -0.436. The molecule has 5 heteroatoms. The van der Waals surface area contributed by atoms with Gasteiger partial charge in [-0.3, -0.25) is 0 Å². The molecule has 0 aromatic heterocycles. The van der Waals surface area contributed by atoms with Gasteiger partial charge in [0.05, 0.1) is 6.61 Å². The van der Waals surface area contributed by atoms with Crippen LogP contribution in [0.2, 0.25) is 0 Å². The molecule has 2 nitrogen and oxygen atoms in total. The number of rotatable bonds is 5. The molecule has 1 rings (SSSR count). The summed E-state index contributed by atoms with van der Waals surface area (Å²) in [5, 5.41) is 0. The Morgan fingerprint density at radius 3 is 2.47 bits per heavy atom. The number of benzene rings is 1. The maximum absolute atomic E-state index is 12.9. The minimum Gasteiger partial charge on any atom is -0.371 e. The van der Waals surface area contributed by atoms with Crippen molar-refractivity contribution in [3.05, 3.63) is 35.1 Å². The molecule has 0 spiro atoms. The number of nitrogens with two attached hydrogens (primary N) is 1. The standard InChI is InChI=1S/C10H12F3NO/c11-9-2-7(4-14)1-8(3-9)5-15-6-10(12)13/h1-3,10H,4-6,14H2. The quantitative estimate of drug-likeness (QED) is 0.822. The van der Waals surface area contributed by atoms with Gasteiger partial charge in [-0.15, -0.1) is 0 Å². The number of hydrogen-bond acceptors (Lipinski definition) is 2. The van der Waals surface area contributed by atoms with Gasteiger partial charge in [0.2, 0.25) is 0 Å². The number of halogens is 3. The fraction of sp³-hybridized carbons (Fsp3) is 0.400. The summed E-state index contributed by atoms with van der Waals surface area (Å²) in [7, 11) is 0. The highest BCUT2D eigenvalue weighted by Gasteiger charge is 2.04. The average Bonchev–Trinajstić information content (AvgIpc) is 2.16. The van der Waals surface area contributed by atoms with Crippen molar-refractivity contribution in [1.29, 1.82) is 0 Å². The molecule has 84 valence electrons. The Kier molecular flexibility index (Phi) is 4.58. The molecule has 0 aliphatic rings. The van der Waals surface area contributed by atoms with Crippen LogP contribution in [0.5, 0.6) is 0 Å². The van der Waals surface area contributed by atoms with E-state index in [0.717, 1.165) is 0 Å². The molecule has 1 aromatic rings. The molecule has 15 heavy (non-hydrogen) atoms. The third kappa shape index (κ3) is 4.31. The van der Waals surface area contributed by atoms with Gasteiger partial charge in [0.15, 0.2) is 0 Å². The lowest BCUT2D eigenvalue weighted by molar-refractivity contribution is 0.00980. The van der Waals surface area contributed by atoms with E-state index in [9.17, 15) is 13.2 Å². The number of alkyl halides is 2. The minimum absolute atomic E-state index is 0.0326. The van der Waals surface area contributed by atoms with E-state index in [1.807, 2.05) is 0 Å². The Morgan fingerprint density at radius 1 is 1.20 bits per heavy atom. The summed E-state index contributed by atoms with van der Waals surface area (Å²) < 4.78 is 41.1. The second-order valence-electron chi connectivity index (χ2n) is 3.08. The van der Waals surface area contributed by atoms with E-state index in [2.05, 4.69) is 4.74 Å². The fourth-order valence-electron chi connectivity index (χ4n) is 1.18. The van der Waals surface area contributed by atoms with Crippen molar-refractivity contribution in [2.24, 2.45) is 5.73 Å². The molecule has 0 radical (unpaired) electrons. The van der Waals surface area contributed by atoms with Crippen molar-refractivity contribution in [2.75, 3.05) is 6.61 Å². The van der Waals surface area contributed by atoms with Gasteiger partial charge in [-0.05, 0) is 23.3 Å². The van der Waals surface area contributed by atoms with Crippen LogP contribution in [0.3, 0.4) is 0 Å². The van der Waals surface area contributed by atoms with E-state index in [4.69, 9.17) is 5.73 Å². The van der Waals surface area contributed by atoms with Crippen molar-refractivity contribution >= 4 is 0 Å². The van der Waals surface area contributed by atoms with Crippen LogP contribution in [-0.4, -0.2) is 13.0 Å². The lowest BCUT2D eigenvalue weighted by atomic mass is 10.1. The monoisotopic (exact) mass is 219 g/mol. The van der Waals surface area contributed by atoms with Crippen LogP contribution >= 0.6 is 0 Å². The van der Waals surface area contributed by atoms with Crippen LogP contribution in [0.1, 0.15) is 11.1 Å². The summed E-state index contributed by atoms with van der Waals surface area (Å²) >= 11 is 0. The van der Waals surface area contributed by atoms with E-state index in [1.165, 1.54) is 12.1 Å². The highest BCUT2D eigenvalue weighted by atomic mass is 19.3. The average molecular weight is 219 g/mol. The fourth-order valence-corrected chi connectivity index (χ4v) is 1.18. The molecular formula is C10H12F3NO. The smallest absolute Gasteiger partial charge is 0.261 e. The Morgan fingerprint density at radius 2 is 1.87 bits per heavy atom. The van der Waals surface area contributed by atoms with E-state index in [-0.39, 0.29) is 13.2 Å². The highest BCUT2D eigenvalue weighted by Crippen LogP contribution is 2.10. The van der Waals surface area contributed by atoms with Crippen LogP contribution in [-0.2, 0) is 17.9 Å². The summed E-state index contributed by atoms with van der Waals surface area (Å²) in [6, 6.07) is 4.18. The van der Waals surface area contributed by atoms with Gasteiger partial charge >= 0.3 is 0 Å². The molecule has 0 saturated heterocycles. The summed E-state index contributed by atoms with van der Waals surface area (Å²) in [5.41, 5.74) is 6.46. The molecule has 0 aliphatic heterocycles. The number of ether oxygens (including phenoxy) is 1. The van der Waals surface area contributed by atoms with Crippen molar-refractivity contribution in [3.8, 4) is 0 Å². The molecule has 0 unspecified atom stereocenters. The lowest BCUT2D eigenvalue weighted by Gasteiger charge is -2.05. The van der Waals surface area contributed by atoms with Crippen LogP contribution in [0.25, 0.3) is 0 Å². The molecule has 0 aliphatic carbocycles. The van der Waals surface area contributed by atoms with E-state index in [0.29, 0.717) is 11.1 Å². The van der Waals surface area contributed by atoms with Gasteiger partial charge in [0, 0.05) is 6.54 Å². The Hall–Kier alpha value is -1.07. The van der Waals surface area contributed by atoms with Gasteiger partial charge in [0.1, 0.15) is 12.4 Å². The van der Waals surface area contributed by atoms with E-state index >= 15 is 0 Å². The summed E-state index contributed by atoms with van der Waals surface area (Å²) in [6.07, 6.45) is -2.51. The zero-order chi connectivity index (χ0) is 11.3. The molecule has 0 atom stereocenters. The van der Waals surface area contributed by atoms with Gasteiger partial charge in [-0.2, -0.15) is 0 Å². The molecule has 0 fully saturated rings. The van der Waals surface area contributed by atoms with Gasteiger partial charge in [0.25, 0.3) is 6.43 Å². The third-order valence-corrected chi connectivity index (χ3v) is 1.77. The normalized spacial score (nSPS) is 11.0. The first-order chi connectivity index (χ1) is 7.11. The Balaban J connectivity index is 2.56. The molecule has 2 N–H and O–H groups in total. The van der Waals surface area contributed by atoms with Gasteiger partial charge < -0.3 is 10.5 Å². The first kappa shape index (κ1) is 12.0. The van der Waals surface area contributed by atoms with E-state index < -0.39 is 18.8 Å². The minimum atomic E-state index is -2.51. The molecular weight excluding hydrogens is 207 g/mol. The van der Waals surface area contributed by atoms with Crippen molar-refractivity contribution < 1.29 is 17.9 Å². The largest absolute Gasteiger partial charge is 0.371 e. The third-order valence-electron chi connectivity index (χ3n) is 1.77. The molecule has 0 bridgehead atoms. The predicted octanol–water partition coefficient (Wildman–Crippen LogP) is 2.07. The first-order valence-corrected chi connectivity index (χ1v) is 4.46. The topological polar surface area (TPSA) is 35.2 Å². The lowest BCUT2D eigenvalue weighted by Crippen LogP contribution is -2.05. The zero-order valence-corrected chi connectivity index (χ0v) is 8.05. The predicted molar refractivity (Wildman–Crippen MR) is 50.0 cm³/mol. The summed E-state index contributed by atoms with van der Waals surface area (Å²) in [6.45, 7) is -0.469. The Bertz CT molecular complexity index is 318. The second-order valence-corrected chi connectivity index (χ2v) is 3.08. The first-order valence-electron chi connectivity index (χ1n) is 4.46. The maximum atomic E-state index is 12.9. The van der Waals surface area contributed by atoms with Gasteiger partial charge in [-0.25, -0.2) is 13.2 Å². The molecule has 0 amide bonds. The van der Waals surface area contributed by atoms with Crippen LogP contribution in [0, 0.1) is 5.82 Å².